The largest absolute Gasteiger partial charge is 0.481 e. The van der Waals surface area contributed by atoms with E-state index >= 15 is 0 Å². The van der Waals surface area contributed by atoms with Crippen LogP contribution in [0.1, 0.15) is 18.2 Å². The van der Waals surface area contributed by atoms with Gasteiger partial charge in [0, 0.05) is 17.6 Å². The molecule has 0 aliphatic rings. The van der Waals surface area contributed by atoms with Crippen LogP contribution in [0.15, 0.2) is 54.6 Å². The summed E-state index contributed by atoms with van der Waals surface area (Å²) >= 11 is 0. The molecule has 0 spiro atoms. The lowest BCUT2D eigenvalue weighted by molar-refractivity contribution is -0.139. The second-order valence-corrected chi connectivity index (χ2v) is 5.43. The Morgan fingerprint density at radius 1 is 1.13 bits per heavy atom. The van der Waals surface area contributed by atoms with Gasteiger partial charge in [0.1, 0.15) is 5.75 Å². The van der Waals surface area contributed by atoms with Crippen molar-refractivity contribution in [3.63, 3.8) is 0 Å². The molecule has 23 heavy (non-hydrogen) atoms. The normalized spacial score (nSPS) is 10.8. The summed E-state index contributed by atoms with van der Waals surface area (Å²) in [6.45, 7) is 2.58. The molecule has 0 fully saturated rings. The molecule has 0 amide bonds. The van der Waals surface area contributed by atoms with E-state index in [1.807, 2.05) is 36.4 Å². The predicted molar refractivity (Wildman–Crippen MR) is 90.0 cm³/mol. The van der Waals surface area contributed by atoms with Crippen LogP contribution in [0.3, 0.4) is 0 Å². The summed E-state index contributed by atoms with van der Waals surface area (Å²) in [4.78, 5) is 10.7. The molecule has 3 rings (SSSR count). The second-order valence-electron chi connectivity index (χ2n) is 5.43. The average molecular weight is 309 g/mol. The van der Waals surface area contributed by atoms with Crippen molar-refractivity contribution in [2.75, 3.05) is 6.61 Å². The van der Waals surface area contributed by atoms with E-state index < -0.39 is 5.97 Å². The number of carboxylic acid groups (broad SMARTS) is 1. The summed E-state index contributed by atoms with van der Waals surface area (Å²) in [6, 6.07) is 18.2. The maximum atomic E-state index is 10.7. The third-order valence-corrected chi connectivity index (χ3v) is 3.89. The number of aromatic nitrogens is 1. The minimum Gasteiger partial charge on any atom is -0.481 e. The molecule has 0 bridgehead atoms. The third kappa shape index (κ3) is 3.21. The van der Waals surface area contributed by atoms with E-state index in [2.05, 4.69) is 29.7 Å². The number of benzene rings is 2. The molecule has 1 aromatic heterocycles. The maximum Gasteiger partial charge on any atom is 0.341 e. The Balaban J connectivity index is 2.03. The first-order chi connectivity index (χ1) is 11.2. The van der Waals surface area contributed by atoms with E-state index in [1.165, 1.54) is 11.3 Å². The van der Waals surface area contributed by atoms with Crippen LogP contribution in [0, 0.1) is 0 Å². The molecule has 1 heterocycles. The van der Waals surface area contributed by atoms with Crippen molar-refractivity contribution in [2.45, 2.75) is 19.9 Å². The third-order valence-electron chi connectivity index (χ3n) is 3.89. The van der Waals surface area contributed by atoms with Gasteiger partial charge in [0.05, 0.1) is 5.52 Å². The number of rotatable bonds is 6. The summed E-state index contributed by atoms with van der Waals surface area (Å²) in [5.41, 5.74) is 3.50. The molecule has 4 heteroatoms. The van der Waals surface area contributed by atoms with Crippen LogP contribution < -0.4 is 4.74 Å². The topological polar surface area (TPSA) is 51.5 Å². The van der Waals surface area contributed by atoms with Gasteiger partial charge in [-0.05, 0) is 30.2 Å². The smallest absolute Gasteiger partial charge is 0.341 e. The Morgan fingerprint density at radius 3 is 2.61 bits per heavy atom. The number of carbonyl (C=O) groups is 1. The highest BCUT2D eigenvalue weighted by molar-refractivity contribution is 5.88. The number of aryl methyl sites for hydroxylation is 1. The Hall–Kier alpha value is -2.75. The zero-order chi connectivity index (χ0) is 16.2. The minimum atomic E-state index is -0.971. The highest BCUT2D eigenvalue weighted by Crippen LogP contribution is 2.30. The molecule has 0 atom stereocenters. The summed E-state index contributed by atoms with van der Waals surface area (Å²) < 4.78 is 7.69. The van der Waals surface area contributed by atoms with E-state index in [0.29, 0.717) is 5.75 Å². The average Bonchev–Trinajstić information content (AvgIpc) is 2.92. The van der Waals surface area contributed by atoms with Crippen molar-refractivity contribution in [1.29, 1.82) is 0 Å². The number of aliphatic carboxylic acids is 1. The molecular formula is C19H19NO3. The number of nitrogens with zero attached hydrogens (tertiary/aromatic N) is 1. The Kier molecular flexibility index (Phi) is 4.33. The number of fused-ring (bicyclic) bond motifs is 1. The Labute approximate surface area is 134 Å². The molecule has 0 radical (unpaired) electrons. The van der Waals surface area contributed by atoms with Gasteiger partial charge in [-0.25, -0.2) is 4.79 Å². The van der Waals surface area contributed by atoms with E-state index in [4.69, 9.17) is 9.84 Å². The van der Waals surface area contributed by atoms with E-state index in [-0.39, 0.29) is 6.61 Å². The van der Waals surface area contributed by atoms with Crippen LogP contribution in [0.4, 0.5) is 0 Å². The van der Waals surface area contributed by atoms with Gasteiger partial charge in [0.2, 0.25) is 0 Å². The van der Waals surface area contributed by atoms with Crippen LogP contribution in [0.5, 0.6) is 5.75 Å². The fourth-order valence-electron chi connectivity index (χ4n) is 2.82. The molecule has 0 saturated heterocycles. The van der Waals surface area contributed by atoms with Crippen molar-refractivity contribution in [3.05, 3.63) is 65.9 Å². The van der Waals surface area contributed by atoms with Gasteiger partial charge < -0.3 is 14.4 Å². The molecular weight excluding hydrogens is 290 g/mol. The van der Waals surface area contributed by atoms with Crippen molar-refractivity contribution in [3.8, 4) is 5.75 Å². The quantitative estimate of drug-likeness (QED) is 0.755. The Bertz CT molecular complexity index is 821. The number of carboxylic acids is 1. The van der Waals surface area contributed by atoms with Crippen molar-refractivity contribution in [2.24, 2.45) is 0 Å². The van der Waals surface area contributed by atoms with Crippen LogP contribution >= 0.6 is 0 Å². The number of hydrogen-bond donors (Lipinski definition) is 1. The minimum absolute atomic E-state index is 0.329. The van der Waals surface area contributed by atoms with Gasteiger partial charge >= 0.3 is 5.97 Å². The highest BCUT2D eigenvalue weighted by atomic mass is 16.5. The Morgan fingerprint density at radius 2 is 1.91 bits per heavy atom. The first kappa shape index (κ1) is 15.2. The molecule has 2 aromatic carbocycles. The van der Waals surface area contributed by atoms with Crippen molar-refractivity contribution < 1.29 is 14.6 Å². The summed E-state index contributed by atoms with van der Waals surface area (Å²) in [5.74, 6) is -0.354. The SMILES string of the molecule is CCc1cc2c(OCC(=O)O)cccc2n1Cc1ccccc1. The van der Waals surface area contributed by atoms with E-state index in [9.17, 15) is 4.79 Å². The standard InChI is InChI=1S/C19H19NO3/c1-2-15-11-16-17(9-6-10-18(16)23-13-19(21)22)20(15)12-14-7-4-3-5-8-14/h3-11H,2,12-13H2,1H3,(H,21,22). The highest BCUT2D eigenvalue weighted by Gasteiger charge is 2.12. The molecule has 0 aliphatic carbocycles. The van der Waals surface area contributed by atoms with Crippen LogP contribution in [-0.2, 0) is 17.8 Å². The van der Waals surface area contributed by atoms with Crippen LogP contribution in [0.25, 0.3) is 10.9 Å². The van der Waals surface area contributed by atoms with Gasteiger partial charge in [-0.2, -0.15) is 0 Å². The molecule has 4 nitrogen and oxygen atoms in total. The molecule has 3 aromatic rings. The summed E-state index contributed by atoms with van der Waals surface area (Å²) in [6.07, 6.45) is 0.903. The zero-order valence-corrected chi connectivity index (χ0v) is 13.0. The lowest BCUT2D eigenvalue weighted by atomic mass is 10.2. The molecule has 1 N–H and O–H groups in total. The van der Waals surface area contributed by atoms with Gasteiger partial charge in [-0.1, -0.05) is 43.3 Å². The lowest BCUT2D eigenvalue weighted by Crippen LogP contribution is -2.09. The summed E-state index contributed by atoms with van der Waals surface area (Å²) in [5, 5.41) is 9.78. The fourth-order valence-corrected chi connectivity index (χ4v) is 2.82. The second kappa shape index (κ2) is 6.57. The molecule has 0 saturated carbocycles. The first-order valence-electron chi connectivity index (χ1n) is 7.68. The van der Waals surface area contributed by atoms with Crippen molar-refractivity contribution in [1.82, 2.24) is 4.57 Å². The molecule has 0 aliphatic heterocycles. The summed E-state index contributed by atoms with van der Waals surface area (Å²) in [7, 11) is 0. The van der Waals surface area contributed by atoms with Gasteiger partial charge in [0.15, 0.2) is 6.61 Å². The predicted octanol–water partition coefficient (Wildman–Crippen LogP) is 3.72. The van der Waals surface area contributed by atoms with Crippen LogP contribution in [0.2, 0.25) is 0 Å². The number of ether oxygens (including phenoxy) is 1. The van der Waals surface area contributed by atoms with Crippen molar-refractivity contribution >= 4 is 16.9 Å². The maximum absolute atomic E-state index is 10.7. The first-order valence-corrected chi connectivity index (χ1v) is 7.68. The van der Waals surface area contributed by atoms with Gasteiger partial charge in [-0.15, -0.1) is 0 Å². The monoisotopic (exact) mass is 309 g/mol. The molecule has 118 valence electrons. The van der Waals surface area contributed by atoms with E-state index in [0.717, 1.165) is 23.9 Å². The zero-order valence-electron chi connectivity index (χ0n) is 13.0. The number of hydrogen-bond acceptors (Lipinski definition) is 2. The van der Waals surface area contributed by atoms with Gasteiger partial charge in [0.25, 0.3) is 0 Å². The van der Waals surface area contributed by atoms with E-state index in [1.54, 1.807) is 0 Å². The lowest BCUT2D eigenvalue weighted by Gasteiger charge is -2.10. The fraction of sp³-hybridized carbons (Fsp3) is 0.211. The molecule has 0 unspecified atom stereocenters. The van der Waals surface area contributed by atoms with Gasteiger partial charge in [-0.3, -0.25) is 0 Å². The van der Waals surface area contributed by atoms with Crippen LogP contribution in [-0.4, -0.2) is 22.2 Å².